The first-order valence-electron chi connectivity index (χ1n) is 8.86. The van der Waals surface area contributed by atoms with Crippen LogP contribution in [0, 0.1) is 12.8 Å². The zero-order chi connectivity index (χ0) is 17.4. The van der Waals surface area contributed by atoms with Gasteiger partial charge in [0.2, 0.25) is 5.91 Å². The molecule has 3 unspecified atom stereocenters. The van der Waals surface area contributed by atoms with Crippen molar-refractivity contribution in [3.05, 3.63) is 40.3 Å². The van der Waals surface area contributed by atoms with Crippen LogP contribution in [0.2, 0.25) is 0 Å². The van der Waals surface area contributed by atoms with Crippen LogP contribution < -0.4 is 21.7 Å². The summed E-state index contributed by atoms with van der Waals surface area (Å²) >= 11 is 0. The Bertz CT molecular complexity index is 862. The highest BCUT2D eigenvalue weighted by Gasteiger charge is 2.34. The van der Waals surface area contributed by atoms with Crippen LogP contribution >= 0.6 is 0 Å². The number of aromatic nitrogens is 2. The topological polar surface area (TPSA) is 88.1 Å². The van der Waals surface area contributed by atoms with Gasteiger partial charge in [0.1, 0.15) is 6.54 Å². The average Bonchev–Trinajstić information content (AvgIpc) is 3.07. The number of carbonyl (C=O) groups is 1. The standard InChI is InChI=1S/C18H23N5O2/c1-11-14-4-2-3-5-15(14)18(25)23(22-11)10-17(24)20-13-6-7-16-12(8-13)9-19-21-16/h2-5,12-13,16,19,21H,6-10H2,1H3,(H,20,24). The van der Waals surface area contributed by atoms with E-state index in [9.17, 15) is 9.59 Å². The Morgan fingerprint density at radius 2 is 2.12 bits per heavy atom. The number of hydrogen-bond donors (Lipinski definition) is 3. The van der Waals surface area contributed by atoms with Crippen LogP contribution in [-0.4, -0.2) is 34.3 Å². The molecule has 2 aliphatic rings. The summed E-state index contributed by atoms with van der Waals surface area (Å²) in [6.45, 7) is 2.77. The van der Waals surface area contributed by atoms with E-state index in [1.165, 1.54) is 4.68 Å². The lowest BCUT2D eigenvalue weighted by Crippen LogP contribution is -2.45. The maximum absolute atomic E-state index is 12.6. The summed E-state index contributed by atoms with van der Waals surface area (Å²) in [6, 6.07) is 8.06. The largest absolute Gasteiger partial charge is 0.352 e. The zero-order valence-corrected chi connectivity index (χ0v) is 14.3. The van der Waals surface area contributed by atoms with Gasteiger partial charge >= 0.3 is 0 Å². The Kier molecular flexibility index (Phi) is 4.27. The van der Waals surface area contributed by atoms with E-state index in [1.807, 2.05) is 25.1 Å². The summed E-state index contributed by atoms with van der Waals surface area (Å²) in [6.07, 6.45) is 2.98. The SMILES string of the molecule is Cc1nn(CC(=O)NC2CCC3NNCC3C2)c(=O)c2ccccc12. The number of fused-ring (bicyclic) bond motifs is 2. The molecule has 2 aromatic rings. The van der Waals surface area contributed by atoms with E-state index in [1.54, 1.807) is 6.07 Å². The van der Waals surface area contributed by atoms with Crippen molar-refractivity contribution in [3.63, 3.8) is 0 Å². The molecule has 0 spiro atoms. The second-order valence-electron chi connectivity index (χ2n) is 7.06. The lowest BCUT2D eigenvalue weighted by molar-refractivity contribution is -0.122. The van der Waals surface area contributed by atoms with E-state index in [0.717, 1.165) is 36.9 Å². The maximum Gasteiger partial charge on any atom is 0.275 e. The molecular formula is C18H23N5O2. The number of nitrogens with one attached hydrogen (secondary N) is 3. The van der Waals surface area contributed by atoms with E-state index < -0.39 is 0 Å². The van der Waals surface area contributed by atoms with Gasteiger partial charge in [-0.15, -0.1) is 0 Å². The average molecular weight is 341 g/mol. The third-order valence-corrected chi connectivity index (χ3v) is 5.35. The van der Waals surface area contributed by atoms with Gasteiger partial charge in [-0.05, 0) is 38.2 Å². The normalized spacial score (nSPS) is 25.7. The molecule has 7 heteroatoms. The molecule has 1 aliphatic carbocycles. The van der Waals surface area contributed by atoms with Crippen LogP contribution in [0.25, 0.3) is 10.8 Å². The van der Waals surface area contributed by atoms with E-state index in [0.29, 0.717) is 17.3 Å². The first kappa shape index (κ1) is 16.2. The van der Waals surface area contributed by atoms with Crippen LogP contribution in [0.3, 0.4) is 0 Å². The summed E-state index contributed by atoms with van der Waals surface area (Å²) in [5, 5.41) is 8.83. The van der Waals surface area contributed by atoms with Crippen molar-refractivity contribution in [3.8, 4) is 0 Å². The van der Waals surface area contributed by atoms with Gasteiger partial charge in [0.25, 0.3) is 5.56 Å². The third-order valence-electron chi connectivity index (χ3n) is 5.35. The quantitative estimate of drug-likeness (QED) is 0.755. The number of aryl methyl sites for hydroxylation is 1. The molecule has 1 aromatic carbocycles. The number of carbonyl (C=O) groups excluding carboxylic acids is 1. The molecule has 3 N–H and O–H groups in total. The summed E-state index contributed by atoms with van der Waals surface area (Å²) in [5.41, 5.74) is 7.01. The molecule has 3 atom stereocenters. The smallest absolute Gasteiger partial charge is 0.275 e. The Morgan fingerprint density at radius 3 is 2.96 bits per heavy atom. The molecule has 132 valence electrons. The molecule has 2 heterocycles. The molecule has 1 amide bonds. The van der Waals surface area contributed by atoms with Crippen LogP contribution in [0.4, 0.5) is 0 Å². The minimum Gasteiger partial charge on any atom is -0.352 e. The minimum absolute atomic E-state index is 0.0361. The van der Waals surface area contributed by atoms with Crippen molar-refractivity contribution in [2.24, 2.45) is 5.92 Å². The second kappa shape index (κ2) is 6.57. The van der Waals surface area contributed by atoms with Crippen LogP contribution in [-0.2, 0) is 11.3 Å². The van der Waals surface area contributed by atoms with E-state index in [-0.39, 0.29) is 24.1 Å². The van der Waals surface area contributed by atoms with Crippen molar-refractivity contribution in [2.75, 3.05) is 6.54 Å². The Morgan fingerprint density at radius 1 is 1.32 bits per heavy atom. The first-order chi connectivity index (χ1) is 12.1. The molecular weight excluding hydrogens is 318 g/mol. The van der Waals surface area contributed by atoms with Gasteiger partial charge in [0, 0.05) is 24.0 Å². The molecule has 1 aromatic heterocycles. The Labute approximate surface area is 145 Å². The number of rotatable bonds is 3. The lowest BCUT2D eigenvalue weighted by Gasteiger charge is -2.31. The highest BCUT2D eigenvalue weighted by atomic mass is 16.2. The molecule has 0 radical (unpaired) electrons. The third kappa shape index (κ3) is 3.17. The lowest BCUT2D eigenvalue weighted by atomic mass is 9.83. The summed E-state index contributed by atoms with van der Waals surface area (Å²) in [5.74, 6) is 0.412. The van der Waals surface area contributed by atoms with Gasteiger partial charge < -0.3 is 5.32 Å². The van der Waals surface area contributed by atoms with Gasteiger partial charge in [-0.1, -0.05) is 18.2 Å². The fourth-order valence-corrected chi connectivity index (χ4v) is 4.05. The Balaban J connectivity index is 1.47. The van der Waals surface area contributed by atoms with E-state index >= 15 is 0 Å². The fraction of sp³-hybridized carbons (Fsp3) is 0.500. The monoisotopic (exact) mass is 341 g/mol. The highest BCUT2D eigenvalue weighted by Crippen LogP contribution is 2.26. The maximum atomic E-state index is 12.6. The van der Waals surface area contributed by atoms with Crippen molar-refractivity contribution in [1.82, 2.24) is 25.9 Å². The van der Waals surface area contributed by atoms with E-state index in [2.05, 4.69) is 21.3 Å². The number of nitrogens with zero attached hydrogens (tertiary/aromatic N) is 2. The molecule has 0 bridgehead atoms. The highest BCUT2D eigenvalue weighted by molar-refractivity contribution is 5.83. The van der Waals surface area contributed by atoms with Gasteiger partial charge in [-0.2, -0.15) is 5.10 Å². The first-order valence-corrected chi connectivity index (χ1v) is 8.86. The molecule has 2 fully saturated rings. The van der Waals surface area contributed by atoms with Crippen molar-refractivity contribution in [1.29, 1.82) is 0 Å². The van der Waals surface area contributed by atoms with Gasteiger partial charge in [0.15, 0.2) is 0 Å². The van der Waals surface area contributed by atoms with Crippen molar-refractivity contribution in [2.45, 2.75) is 44.8 Å². The molecule has 7 nitrogen and oxygen atoms in total. The van der Waals surface area contributed by atoms with Crippen molar-refractivity contribution >= 4 is 16.7 Å². The number of amides is 1. The predicted octanol–water partition coefficient (Wildman–Crippen LogP) is 0.466. The molecule has 1 saturated carbocycles. The van der Waals surface area contributed by atoms with Gasteiger partial charge in [-0.3, -0.25) is 20.4 Å². The number of hydrazine groups is 1. The van der Waals surface area contributed by atoms with Crippen LogP contribution in [0.1, 0.15) is 25.0 Å². The summed E-state index contributed by atoms with van der Waals surface area (Å²) in [7, 11) is 0. The second-order valence-corrected chi connectivity index (χ2v) is 7.06. The van der Waals surface area contributed by atoms with Crippen LogP contribution in [0.5, 0.6) is 0 Å². The molecule has 25 heavy (non-hydrogen) atoms. The molecule has 1 aliphatic heterocycles. The van der Waals surface area contributed by atoms with Gasteiger partial charge in [-0.25, -0.2) is 4.68 Å². The Hall–Kier alpha value is -2.25. The van der Waals surface area contributed by atoms with Crippen LogP contribution in [0.15, 0.2) is 29.1 Å². The summed E-state index contributed by atoms with van der Waals surface area (Å²) in [4.78, 5) is 25.0. The zero-order valence-electron chi connectivity index (χ0n) is 14.3. The fourth-order valence-electron chi connectivity index (χ4n) is 4.05. The molecule has 4 rings (SSSR count). The van der Waals surface area contributed by atoms with Crippen molar-refractivity contribution < 1.29 is 4.79 Å². The minimum atomic E-state index is -0.218. The number of benzene rings is 1. The molecule has 1 saturated heterocycles. The van der Waals surface area contributed by atoms with E-state index in [4.69, 9.17) is 0 Å². The number of hydrogen-bond acceptors (Lipinski definition) is 5. The summed E-state index contributed by atoms with van der Waals surface area (Å²) < 4.78 is 1.28. The predicted molar refractivity (Wildman–Crippen MR) is 94.9 cm³/mol. The van der Waals surface area contributed by atoms with Gasteiger partial charge in [0.05, 0.1) is 11.1 Å².